The molecule has 3 aromatic rings. The van der Waals surface area contributed by atoms with Crippen molar-refractivity contribution in [3.05, 3.63) is 95.0 Å². The van der Waals surface area contributed by atoms with Crippen LogP contribution < -0.4 is 10.1 Å². The van der Waals surface area contributed by atoms with Crippen molar-refractivity contribution in [2.24, 2.45) is 0 Å². The first-order valence-electron chi connectivity index (χ1n) is 9.04. The molecule has 3 rings (SSSR count). The molecule has 148 valence electrons. The summed E-state index contributed by atoms with van der Waals surface area (Å²) in [6.07, 6.45) is -0.859. The molecule has 0 heterocycles. The molecule has 0 aliphatic heterocycles. The number of rotatable bonds is 6. The molecule has 5 nitrogen and oxygen atoms in total. The first-order valence-corrected chi connectivity index (χ1v) is 9.42. The quantitative estimate of drug-likeness (QED) is 0.637. The van der Waals surface area contributed by atoms with E-state index in [0.717, 1.165) is 0 Å². The summed E-state index contributed by atoms with van der Waals surface area (Å²) in [6, 6.07) is 23.2. The number of amides is 2. The van der Waals surface area contributed by atoms with Crippen molar-refractivity contribution >= 4 is 29.1 Å². The molecule has 0 saturated heterocycles. The molecule has 2 amide bonds. The van der Waals surface area contributed by atoms with Crippen molar-refractivity contribution in [2.75, 3.05) is 19.4 Å². The molecule has 0 spiro atoms. The standard InChI is InChI=1S/C23H21ClN2O3/c1-26(2)23(28)19-15-17(13-14-20(19)24)25-22(27)21(16-9-5-3-6-10-16)29-18-11-7-4-8-12-18/h3-15,21H,1-2H3,(H,25,27). The van der Waals surface area contributed by atoms with Crippen LogP contribution in [0.15, 0.2) is 78.9 Å². The first kappa shape index (κ1) is 20.4. The molecule has 1 unspecified atom stereocenters. The summed E-state index contributed by atoms with van der Waals surface area (Å²) >= 11 is 6.15. The van der Waals surface area contributed by atoms with Crippen LogP contribution in [0.4, 0.5) is 5.69 Å². The van der Waals surface area contributed by atoms with Gasteiger partial charge in [-0.15, -0.1) is 0 Å². The Morgan fingerprint density at radius 3 is 2.17 bits per heavy atom. The Hall–Kier alpha value is -3.31. The number of carbonyl (C=O) groups excluding carboxylic acids is 2. The molecule has 3 aromatic carbocycles. The van der Waals surface area contributed by atoms with Crippen LogP contribution in [0.3, 0.4) is 0 Å². The number of hydrogen-bond donors (Lipinski definition) is 1. The molecule has 6 heteroatoms. The summed E-state index contributed by atoms with van der Waals surface area (Å²) in [5.41, 5.74) is 1.49. The largest absolute Gasteiger partial charge is 0.476 e. The summed E-state index contributed by atoms with van der Waals surface area (Å²) in [6.45, 7) is 0. The molecule has 0 fully saturated rings. The van der Waals surface area contributed by atoms with Gasteiger partial charge in [-0.25, -0.2) is 0 Å². The zero-order valence-electron chi connectivity index (χ0n) is 16.1. The predicted octanol–water partition coefficient (Wildman–Crippen LogP) is 4.80. The maximum Gasteiger partial charge on any atom is 0.270 e. The SMILES string of the molecule is CN(C)C(=O)c1cc(NC(=O)C(Oc2ccccc2)c2ccccc2)ccc1Cl. The Kier molecular flexibility index (Phi) is 6.52. The van der Waals surface area contributed by atoms with Gasteiger partial charge in [0.2, 0.25) is 6.10 Å². The van der Waals surface area contributed by atoms with Crippen molar-refractivity contribution in [1.82, 2.24) is 4.90 Å². The molecule has 29 heavy (non-hydrogen) atoms. The third-order valence-corrected chi connectivity index (χ3v) is 4.54. The van der Waals surface area contributed by atoms with Crippen molar-refractivity contribution in [1.29, 1.82) is 0 Å². The summed E-state index contributed by atoms with van der Waals surface area (Å²) in [4.78, 5) is 26.8. The maximum absolute atomic E-state index is 13.1. The van der Waals surface area contributed by atoms with E-state index in [4.69, 9.17) is 16.3 Å². The minimum absolute atomic E-state index is 0.244. The van der Waals surface area contributed by atoms with Crippen LogP contribution >= 0.6 is 11.6 Å². The van der Waals surface area contributed by atoms with Crippen molar-refractivity contribution in [3.8, 4) is 5.75 Å². The van der Waals surface area contributed by atoms with Crippen molar-refractivity contribution < 1.29 is 14.3 Å². The number of halogens is 1. The number of ether oxygens (including phenoxy) is 1. The molecule has 0 aromatic heterocycles. The molecular weight excluding hydrogens is 388 g/mol. The number of hydrogen-bond acceptors (Lipinski definition) is 3. The third kappa shape index (κ3) is 5.15. The number of benzene rings is 3. The van der Waals surface area contributed by atoms with Crippen LogP contribution in [0.1, 0.15) is 22.0 Å². The highest BCUT2D eigenvalue weighted by molar-refractivity contribution is 6.34. The van der Waals surface area contributed by atoms with E-state index in [2.05, 4.69) is 5.32 Å². The Labute approximate surface area is 174 Å². The van der Waals surface area contributed by atoms with E-state index >= 15 is 0 Å². The predicted molar refractivity (Wildman–Crippen MR) is 114 cm³/mol. The average molecular weight is 409 g/mol. The fraction of sp³-hybridized carbons (Fsp3) is 0.130. The topological polar surface area (TPSA) is 58.6 Å². The molecular formula is C23H21ClN2O3. The van der Waals surface area contributed by atoms with Gasteiger partial charge in [0.25, 0.3) is 11.8 Å². The second-order valence-corrected chi connectivity index (χ2v) is 7.01. The lowest BCUT2D eigenvalue weighted by atomic mass is 10.1. The highest BCUT2D eigenvalue weighted by Gasteiger charge is 2.23. The lowest BCUT2D eigenvalue weighted by molar-refractivity contribution is -0.123. The van der Waals surface area contributed by atoms with Crippen molar-refractivity contribution in [2.45, 2.75) is 6.10 Å². The molecule has 0 saturated carbocycles. The fourth-order valence-corrected chi connectivity index (χ4v) is 2.95. The molecule has 1 atom stereocenters. The van der Waals surface area contributed by atoms with Gasteiger partial charge in [-0.1, -0.05) is 60.1 Å². The van der Waals surface area contributed by atoms with Gasteiger partial charge in [-0.2, -0.15) is 0 Å². The highest BCUT2D eigenvalue weighted by Crippen LogP contribution is 2.26. The maximum atomic E-state index is 13.1. The third-order valence-electron chi connectivity index (χ3n) is 4.21. The number of anilines is 1. The average Bonchev–Trinajstić information content (AvgIpc) is 2.74. The van der Waals surface area contributed by atoms with Gasteiger partial charge >= 0.3 is 0 Å². The first-order chi connectivity index (χ1) is 14.0. The van der Waals surface area contributed by atoms with Crippen molar-refractivity contribution in [3.63, 3.8) is 0 Å². The fourth-order valence-electron chi connectivity index (χ4n) is 2.75. The van der Waals surface area contributed by atoms with Gasteiger partial charge in [0.05, 0.1) is 10.6 Å². The minimum Gasteiger partial charge on any atom is -0.476 e. The van der Waals surface area contributed by atoms with Crippen LogP contribution in [0.25, 0.3) is 0 Å². The van der Waals surface area contributed by atoms with Gasteiger partial charge in [-0.3, -0.25) is 9.59 Å². The molecule has 0 aliphatic rings. The molecule has 0 aliphatic carbocycles. The smallest absolute Gasteiger partial charge is 0.270 e. The monoisotopic (exact) mass is 408 g/mol. The Bertz CT molecular complexity index is 992. The van der Waals surface area contributed by atoms with Gasteiger partial charge in [0.15, 0.2) is 0 Å². The Balaban J connectivity index is 1.87. The van der Waals surface area contributed by atoms with Crippen LogP contribution in [0.2, 0.25) is 5.02 Å². The number of nitrogens with one attached hydrogen (secondary N) is 1. The minimum atomic E-state index is -0.859. The summed E-state index contributed by atoms with van der Waals surface area (Å²) in [5.74, 6) is -0.0204. The van der Waals surface area contributed by atoms with E-state index in [1.54, 1.807) is 44.4 Å². The number of para-hydroxylation sites is 1. The lowest BCUT2D eigenvalue weighted by Crippen LogP contribution is -2.26. The number of nitrogens with zero attached hydrogens (tertiary/aromatic N) is 1. The van der Waals surface area contributed by atoms with Crippen LogP contribution in [0, 0.1) is 0 Å². The van der Waals surface area contributed by atoms with E-state index < -0.39 is 6.10 Å². The zero-order valence-corrected chi connectivity index (χ0v) is 16.9. The van der Waals surface area contributed by atoms with Crippen LogP contribution in [-0.4, -0.2) is 30.8 Å². The zero-order chi connectivity index (χ0) is 20.8. The summed E-state index contributed by atoms with van der Waals surface area (Å²) < 4.78 is 5.96. The van der Waals surface area contributed by atoms with Crippen LogP contribution in [-0.2, 0) is 4.79 Å². The van der Waals surface area contributed by atoms with Gasteiger partial charge in [0.1, 0.15) is 5.75 Å². The van der Waals surface area contributed by atoms with Gasteiger partial charge in [-0.05, 0) is 30.3 Å². The van der Waals surface area contributed by atoms with E-state index in [9.17, 15) is 9.59 Å². The van der Waals surface area contributed by atoms with E-state index in [-0.39, 0.29) is 11.8 Å². The van der Waals surface area contributed by atoms with E-state index in [1.807, 2.05) is 48.5 Å². The summed E-state index contributed by atoms with van der Waals surface area (Å²) in [5, 5.41) is 3.15. The number of carbonyl (C=O) groups is 2. The second kappa shape index (κ2) is 9.26. The second-order valence-electron chi connectivity index (χ2n) is 6.61. The van der Waals surface area contributed by atoms with E-state index in [1.165, 1.54) is 4.90 Å². The normalized spacial score (nSPS) is 11.4. The van der Waals surface area contributed by atoms with Gasteiger partial charge in [0, 0.05) is 25.3 Å². The molecule has 0 bridgehead atoms. The Morgan fingerprint density at radius 2 is 1.55 bits per heavy atom. The Morgan fingerprint density at radius 1 is 0.931 bits per heavy atom. The molecule has 1 N–H and O–H groups in total. The summed E-state index contributed by atoms with van der Waals surface area (Å²) in [7, 11) is 3.28. The van der Waals surface area contributed by atoms with E-state index in [0.29, 0.717) is 27.6 Å². The van der Waals surface area contributed by atoms with Gasteiger partial charge < -0.3 is 15.0 Å². The highest BCUT2D eigenvalue weighted by atomic mass is 35.5. The lowest BCUT2D eigenvalue weighted by Gasteiger charge is -2.20. The van der Waals surface area contributed by atoms with Crippen LogP contribution in [0.5, 0.6) is 5.75 Å². The molecule has 0 radical (unpaired) electrons.